The molecule has 0 amide bonds. The minimum absolute atomic E-state index is 0.233. The van der Waals surface area contributed by atoms with Crippen LogP contribution in [0, 0.1) is 11.8 Å². The number of sulfone groups is 1. The molecule has 0 aromatic heterocycles. The van der Waals surface area contributed by atoms with Crippen LogP contribution < -0.4 is 4.90 Å². The van der Waals surface area contributed by atoms with Gasteiger partial charge in [0.15, 0.2) is 9.84 Å². The second kappa shape index (κ2) is 9.45. The first-order valence-electron chi connectivity index (χ1n) is 11.0. The summed E-state index contributed by atoms with van der Waals surface area (Å²) in [5.74, 6) is 1.55. The van der Waals surface area contributed by atoms with Crippen molar-refractivity contribution < 1.29 is 8.42 Å². The van der Waals surface area contributed by atoms with Gasteiger partial charge in [-0.2, -0.15) is 0 Å². The van der Waals surface area contributed by atoms with Crippen molar-refractivity contribution in [3.63, 3.8) is 0 Å². The van der Waals surface area contributed by atoms with E-state index in [-0.39, 0.29) is 5.25 Å². The van der Waals surface area contributed by atoms with Crippen LogP contribution in [0.3, 0.4) is 0 Å². The van der Waals surface area contributed by atoms with Crippen molar-refractivity contribution in [1.82, 2.24) is 0 Å². The Kier molecular flexibility index (Phi) is 7.24. The van der Waals surface area contributed by atoms with Crippen molar-refractivity contribution >= 4 is 15.5 Å². The predicted octanol–water partition coefficient (Wildman–Crippen LogP) is 5.24. The summed E-state index contributed by atoms with van der Waals surface area (Å²) in [6.45, 7) is 6.01. The summed E-state index contributed by atoms with van der Waals surface area (Å²) in [6.07, 6.45) is 11.0. The van der Waals surface area contributed by atoms with E-state index in [1.165, 1.54) is 62.9 Å². The van der Waals surface area contributed by atoms with Crippen molar-refractivity contribution in [3.8, 4) is 0 Å². The first kappa shape index (κ1) is 20.7. The third-order valence-electron chi connectivity index (χ3n) is 6.65. The van der Waals surface area contributed by atoms with Gasteiger partial charge in [0.1, 0.15) is 0 Å². The van der Waals surface area contributed by atoms with Gasteiger partial charge < -0.3 is 4.90 Å². The highest BCUT2D eigenvalue weighted by molar-refractivity contribution is 7.91. The van der Waals surface area contributed by atoms with Gasteiger partial charge >= 0.3 is 0 Å². The molecule has 1 saturated heterocycles. The maximum atomic E-state index is 12.1. The molecule has 1 heterocycles. The summed E-state index contributed by atoms with van der Waals surface area (Å²) in [5.41, 5.74) is 2.82. The molecular weight excluding hydrogens is 354 g/mol. The van der Waals surface area contributed by atoms with E-state index < -0.39 is 9.84 Å². The van der Waals surface area contributed by atoms with Gasteiger partial charge in [0, 0.05) is 18.8 Å². The second-order valence-corrected chi connectivity index (χ2v) is 11.6. The van der Waals surface area contributed by atoms with Crippen LogP contribution in [0.2, 0.25) is 0 Å². The molecule has 1 aliphatic heterocycles. The molecule has 0 N–H and O–H groups in total. The third kappa shape index (κ3) is 5.97. The van der Waals surface area contributed by atoms with E-state index in [2.05, 4.69) is 29.2 Å². The first-order valence-corrected chi connectivity index (χ1v) is 12.7. The fourth-order valence-electron chi connectivity index (χ4n) is 4.60. The zero-order valence-electron chi connectivity index (χ0n) is 17.2. The Labute approximate surface area is 166 Å². The maximum Gasteiger partial charge on any atom is 0.152 e. The van der Waals surface area contributed by atoms with Gasteiger partial charge in [-0.15, -0.1) is 0 Å². The topological polar surface area (TPSA) is 37.4 Å². The molecule has 2 aliphatic rings. The molecule has 3 nitrogen and oxygen atoms in total. The Morgan fingerprint density at radius 2 is 1.52 bits per heavy atom. The predicted molar refractivity (Wildman–Crippen MR) is 115 cm³/mol. The van der Waals surface area contributed by atoms with Crippen molar-refractivity contribution in [2.45, 2.75) is 76.9 Å². The number of anilines is 1. The molecule has 152 valence electrons. The third-order valence-corrected chi connectivity index (χ3v) is 9.02. The largest absolute Gasteiger partial charge is 0.372 e. The number of aryl methyl sites for hydroxylation is 1. The van der Waals surface area contributed by atoms with Crippen molar-refractivity contribution in [1.29, 1.82) is 0 Å². The monoisotopic (exact) mass is 391 g/mol. The van der Waals surface area contributed by atoms with Gasteiger partial charge in [0.25, 0.3) is 0 Å². The average Bonchev–Trinajstić information content (AvgIpc) is 2.68. The molecule has 0 spiro atoms. The van der Waals surface area contributed by atoms with Crippen LogP contribution in [0.1, 0.15) is 70.8 Å². The lowest BCUT2D eigenvalue weighted by Gasteiger charge is -2.29. The van der Waals surface area contributed by atoms with Crippen LogP contribution in [0.4, 0.5) is 5.69 Å². The van der Waals surface area contributed by atoms with Gasteiger partial charge in [-0.25, -0.2) is 8.42 Å². The quantitative estimate of drug-likeness (QED) is 0.638. The lowest BCUT2D eigenvalue weighted by Crippen LogP contribution is -2.29. The fourth-order valence-corrected chi connectivity index (χ4v) is 5.98. The van der Waals surface area contributed by atoms with Crippen LogP contribution in [-0.2, 0) is 16.3 Å². The van der Waals surface area contributed by atoms with Crippen molar-refractivity contribution in [2.75, 3.05) is 23.7 Å². The van der Waals surface area contributed by atoms with Gasteiger partial charge in [-0.3, -0.25) is 0 Å². The Morgan fingerprint density at radius 1 is 0.926 bits per heavy atom. The lowest BCUT2D eigenvalue weighted by atomic mass is 9.80. The normalized spacial score (nSPS) is 24.3. The molecule has 2 fully saturated rings. The van der Waals surface area contributed by atoms with E-state index in [0.29, 0.717) is 11.7 Å². The summed E-state index contributed by atoms with van der Waals surface area (Å²) < 4.78 is 24.3. The SMILES string of the molecule is CC(C)S(=O)(=O)CC1CCC(CCc2ccc(N3CCCCC3)cc2)CC1. The van der Waals surface area contributed by atoms with Gasteiger partial charge in [-0.1, -0.05) is 25.0 Å². The number of piperidine rings is 1. The zero-order chi connectivity index (χ0) is 19.3. The summed E-state index contributed by atoms with van der Waals surface area (Å²) in [5, 5.41) is -0.233. The van der Waals surface area contributed by atoms with Gasteiger partial charge in [0.05, 0.1) is 11.0 Å². The van der Waals surface area contributed by atoms with Crippen LogP contribution in [-0.4, -0.2) is 32.5 Å². The van der Waals surface area contributed by atoms with Crippen molar-refractivity contribution in [3.05, 3.63) is 29.8 Å². The Morgan fingerprint density at radius 3 is 2.11 bits per heavy atom. The fraction of sp³-hybridized carbons (Fsp3) is 0.739. The molecule has 0 atom stereocenters. The van der Waals surface area contributed by atoms with E-state index >= 15 is 0 Å². The van der Waals surface area contributed by atoms with E-state index in [1.54, 1.807) is 13.8 Å². The highest BCUT2D eigenvalue weighted by atomic mass is 32.2. The van der Waals surface area contributed by atoms with Crippen LogP contribution in [0.25, 0.3) is 0 Å². The zero-order valence-corrected chi connectivity index (χ0v) is 18.0. The Hall–Kier alpha value is -1.03. The maximum absolute atomic E-state index is 12.1. The van der Waals surface area contributed by atoms with E-state index in [9.17, 15) is 8.42 Å². The van der Waals surface area contributed by atoms with Crippen LogP contribution in [0.15, 0.2) is 24.3 Å². The average molecular weight is 392 g/mol. The summed E-state index contributed by atoms with van der Waals surface area (Å²) in [4.78, 5) is 2.51. The molecule has 0 radical (unpaired) electrons. The Balaban J connectivity index is 1.41. The van der Waals surface area contributed by atoms with Gasteiger partial charge in [-0.05, 0) is 88.3 Å². The number of rotatable bonds is 7. The van der Waals surface area contributed by atoms with E-state index in [1.807, 2.05) is 0 Å². The summed E-state index contributed by atoms with van der Waals surface area (Å²) in [7, 11) is -2.89. The standard InChI is InChI=1S/C23H37NO2S/c1-19(2)27(25,26)18-22-10-8-20(9-11-22)6-7-21-12-14-23(15-13-21)24-16-4-3-5-17-24/h12-15,19-20,22H,3-11,16-18H2,1-2H3. The minimum atomic E-state index is -2.89. The Bertz CT molecular complexity index is 667. The first-order chi connectivity index (χ1) is 12.9. The molecule has 1 aromatic rings. The van der Waals surface area contributed by atoms with E-state index in [4.69, 9.17) is 0 Å². The van der Waals surface area contributed by atoms with Crippen molar-refractivity contribution in [2.24, 2.45) is 11.8 Å². The summed E-state index contributed by atoms with van der Waals surface area (Å²) >= 11 is 0. The van der Waals surface area contributed by atoms with Crippen LogP contribution >= 0.6 is 0 Å². The highest BCUT2D eigenvalue weighted by Gasteiger charge is 2.27. The number of benzene rings is 1. The molecule has 1 saturated carbocycles. The highest BCUT2D eigenvalue weighted by Crippen LogP contribution is 2.33. The number of hydrogen-bond donors (Lipinski definition) is 0. The summed E-state index contributed by atoms with van der Waals surface area (Å²) in [6, 6.07) is 9.22. The molecule has 1 aromatic carbocycles. The molecule has 27 heavy (non-hydrogen) atoms. The molecule has 0 bridgehead atoms. The van der Waals surface area contributed by atoms with Gasteiger partial charge in [0.2, 0.25) is 0 Å². The molecular formula is C23H37NO2S. The minimum Gasteiger partial charge on any atom is -0.372 e. The molecule has 0 unspecified atom stereocenters. The number of nitrogens with zero attached hydrogens (tertiary/aromatic N) is 1. The van der Waals surface area contributed by atoms with Crippen LogP contribution in [0.5, 0.6) is 0 Å². The lowest BCUT2D eigenvalue weighted by molar-refractivity contribution is 0.278. The van der Waals surface area contributed by atoms with E-state index in [0.717, 1.165) is 25.2 Å². The smallest absolute Gasteiger partial charge is 0.152 e. The number of hydrogen-bond acceptors (Lipinski definition) is 3. The second-order valence-electron chi connectivity index (χ2n) is 9.02. The molecule has 3 rings (SSSR count). The molecule has 4 heteroatoms. The molecule has 1 aliphatic carbocycles.